The SMILES string of the molecule is Cl.NCC(NC(=O)c1ccc(C(N)=O)cn1)C1CC1. The van der Waals surface area contributed by atoms with E-state index >= 15 is 0 Å². The summed E-state index contributed by atoms with van der Waals surface area (Å²) in [7, 11) is 0. The lowest BCUT2D eigenvalue weighted by atomic mass is 10.1. The summed E-state index contributed by atoms with van der Waals surface area (Å²) in [6, 6.07) is 2.98. The molecule has 0 spiro atoms. The number of aromatic nitrogens is 1. The summed E-state index contributed by atoms with van der Waals surface area (Å²) in [5.41, 5.74) is 11.2. The van der Waals surface area contributed by atoms with E-state index < -0.39 is 5.91 Å². The molecule has 2 rings (SSSR count). The van der Waals surface area contributed by atoms with E-state index in [2.05, 4.69) is 10.3 Å². The van der Waals surface area contributed by atoms with E-state index in [1.807, 2.05) is 0 Å². The Morgan fingerprint density at radius 2 is 2.11 bits per heavy atom. The van der Waals surface area contributed by atoms with Gasteiger partial charge in [-0.05, 0) is 30.9 Å². The minimum atomic E-state index is -0.563. The number of nitrogens with one attached hydrogen (secondary N) is 1. The largest absolute Gasteiger partial charge is 0.366 e. The summed E-state index contributed by atoms with van der Waals surface area (Å²) in [6.45, 7) is 0.426. The Kier molecular flexibility index (Phi) is 5.26. The molecule has 0 bridgehead atoms. The Morgan fingerprint density at radius 1 is 1.42 bits per heavy atom. The summed E-state index contributed by atoms with van der Waals surface area (Å²) in [5.74, 6) is -0.343. The van der Waals surface area contributed by atoms with Crippen LogP contribution in [0.5, 0.6) is 0 Å². The molecule has 1 heterocycles. The molecular formula is C12H17ClN4O2. The number of nitrogens with two attached hydrogens (primary N) is 2. The number of hydrogen-bond acceptors (Lipinski definition) is 4. The fourth-order valence-corrected chi connectivity index (χ4v) is 1.78. The van der Waals surface area contributed by atoms with Crippen LogP contribution < -0.4 is 16.8 Å². The van der Waals surface area contributed by atoms with Crippen molar-refractivity contribution in [2.45, 2.75) is 18.9 Å². The van der Waals surface area contributed by atoms with Gasteiger partial charge in [-0.15, -0.1) is 12.4 Å². The first-order valence-electron chi connectivity index (χ1n) is 5.88. The van der Waals surface area contributed by atoms with Crippen molar-refractivity contribution in [1.82, 2.24) is 10.3 Å². The van der Waals surface area contributed by atoms with Gasteiger partial charge in [-0.2, -0.15) is 0 Å². The molecule has 1 saturated carbocycles. The van der Waals surface area contributed by atoms with Gasteiger partial charge in [-0.3, -0.25) is 14.6 Å². The van der Waals surface area contributed by atoms with Gasteiger partial charge in [0.1, 0.15) is 5.69 Å². The van der Waals surface area contributed by atoms with Crippen molar-refractivity contribution >= 4 is 24.2 Å². The lowest BCUT2D eigenvalue weighted by Gasteiger charge is -2.15. The average Bonchev–Trinajstić information content (AvgIpc) is 3.20. The molecule has 104 valence electrons. The van der Waals surface area contributed by atoms with Crippen LogP contribution in [0.3, 0.4) is 0 Å². The number of carbonyl (C=O) groups is 2. The predicted molar refractivity (Wildman–Crippen MR) is 73.0 cm³/mol. The third kappa shape index (κ3) is 3.90. The van der Waals surface area contributed by atoms with Crippen molar-refractivity contribution in [3.05, 3.63) is 29.6 Å². The molecule has 1 unspecified atom stereocenters. The highest BCUT2D eigenvalue weighted by molar-refractivity contribution is 5.95. The second-order valence-electron chi connectivity index (χ2n) is 4.45. The van der Waals surface area contributed by atoms with Gasteiger partial charge in [0.05, 0.1) is 5.56 Å². The molecule has 1 fully saturated rings. The van der Waals surface area contributed by atoms with Crippen molar-refractivity contribution in [3.63, 3.8) is 0 Å². The minimum Gasteiger partial charge on any atom is -0.366 e. The highest BCUT2D eigenvalue weighted by atomic mass is 35.5. The maximum Gasteiger partial charge on any atom is 0.270 e. The van der Waals surface area contributed by atoms with Crippen molar-refractivity contribution in [3.8, 4) is 0 Å². The predicted octanol–water partition coefficient (Wildman–Crippen LogP) is 0.0694. The monoisotopic (exact) mass is 284 g/mol. The molecule has 2 amide bonds. The minimum absolute atomic E-state index is 0. The number of carbonyl (C=O) groups excluding carboxylic acids is 2. The fourth-order valence-electron chi connectivity index (χ4n) is 1.78. The first-order chi connectivity index (χ1) is 8.61. The van der Waals surface area contributed by atoms with Crippen LogP contribution in [0, 0.1) is 5.92 Å². The normalized spacial score (nSPS) is 15.2. The smallest absolute Gasteiger partial charge is 0.270 e. The van der Waals surface area contributed by atoms with Gasteiger partial charge >= 0.3 is 0 Å². The zero-order chi connectivity index (χ0) is 13.1. The van der Waals surface area contributed by atoms with Crippen LogP contribution in [0.25, 0.3) is 0 Å². The zero-order valence-electron chi connectivity index (χ0n) is 10.3. The quantitative estimate of drug-likeness (QED) is 0.710. The zero-order valence-corrected chi connectivity index (χ0v) is 11.2. The summed E-state index contributed by atoms with van der Waals surface area (Å²) < 4.78 is 0. The molecule has 7 heteroatoms. The lowest BCUT2D eigenvalue weighted by molar-refractivity contribution is 0.0926. The summed E-state index contributed by atoms with van der Waals surface area (Å²) >= 11 is 0. The average molecular weight is 285 g/mol. The molecule has 1 atom stereocenters. The maximum absolute atomic E-state index is 11.9. The van der Waals surface area contributed by atoms with E-state index in [1.165, 1.54) is 18.3 Å². The number of amides is 2. The Morgan fingerprint density at radius 3 is 2.53 bits per heavy atom. The Balaban J connectivity index is 0.00000180. The van der Waals surface area contributed by atoms with Gasteiger partial charge in [0.15, 0.2) is 0 Å². The van der Waals surface area contributed by atoms with Crippen molar-refractivity contribution in [1.29, 1.82) is 0 Å². The molecule has 0 saturated heterocycles. The molecule has 0 aliphatic heterocycles. The van der Waals surface area contributed by atoms with Gasteiger partial charge in [-0.25, -0.2) is 0 Å². The van der Waals surface area contributed by atoms with Crippen LogP contribution >= 0.6 is 12.4 Å². The summed E-state index contributed by atoms with van der Waals surface area (Å²) in [6.07, 6.45) is 3.51. The van der Waals surface area contributed by atoms with E-state index in [0.29, 0.717) is 12.5 Å². The van der Waals surface area contributed by atoms with Crippen LogP contribution in [0.2, 0.25) is 0 Å². The topological polar surface area (TPSA) is 111 Å². The van der Waals surface area contributed by atoms with Gasteiger partial charge < -0.3 is 16.8 Å². The Hall–Kier alpha value is -1.66. The first-order valence-corrected chi connectivity index (χ1v) is 5.88. The van der Waals surface area contributed by atoms with Crippen LogP contribution in [0.4, 0.5) is 0 Å². The number of pyridine rings is 1. The lowest BCUT2D eigenvalue weighted by Crippen LogP contribution is -2.42. The first kappa shape index (κ1) is 15.4. The molecule has 1 aromatic rings. The van der Waals surface area contributed by atoms with Gasteiger partial charge in [0.2, 0.25) is 5.91 Å². The fraction of sp³-hybridized carbons (Fsp3) is 0.417. The summed E-state index contributed by atoms with van der Waals surface area (Å²) in [5, 5.41) is 2.85. The van der Waals surface area contributed by atoms with Gasteiger partial charge in [0, 0.05) is 18.8 Å². The number of hydrogen-bond donors (Lipinski definition) is 3. The van der Waals surface area contributed by atoms with Crippen LogP contribution in [0.1, 0.15) is 33.7 Å². The van der Waals surface area contributed by atoms with E-state index in [-0.39, 0.29) is 35.6 Å². The van der Waals surface area contributed by atoms with Crippen LogP contribution in [-0.4, -0.2) is 29.4 Å². The third-order valence-electron chi connectivity index (χ3n) is 3.04. The molecule has 1 aliphatic rings. The molecule has 5 N–H and O–H groups in total. The standard InChI is InChI=1S/C12H16N4O2.ClH/c13-5-10(7-1-2-7)16-12(18)9-4-3-8(6-15-9)11(14)17;/h3-4,6-7,10H,1-2,5,13H2,(H2,14,17)(H,16,18);1H. The van der Waals surface area contributed by atoms with Gasteiger partial charge in [0.25, 0.3) is 5.91 Å². The number of nitrogens with zero attached hydrogens (tertiary/aromatic N) is 1. The van der Waals surface area contributed by atoms with E-state index in [4.69, 9.17) is 11.5 Å². The molecule has 19 heavy (non-hydrogen) atoms. The van der Waals surface area contributed by atoms with E-state index in [1.54, 1.807) is 0 Å². The van der Waals surface area contributed by atoms with Crippen molar-refractivity contribution in [2.75, 3.05) is 6.54 Å². The van der Waals surface area contributed by atoms with Crippen molar-refractivity contribution in [2.24, 2.45) is 17.4 Å². The molecular weight excluding hydrogens is 268 g/mol. The second kappa shape index (κ2) is 6.49. The Labute approximate surface area is 117 Å². The van der Waals surface area contributed by atoms with E-state index in [9.17, 15) is 9.59 Å². The van der Waals surface area contributed by atoms with E-state index in [0.717, 1.165) is 12.8 Å². The molecule has 0 aromatic carbocycles. The Bertz CT molecular complexity index is 459. The van der Waals surface area contributed by atoms with Crippen LogP contribution in [-0.2, 0) is 0 Å². The number of rotatable bonds is 5. The second-order valence-corrected chi connectivity index (χ2v) is 4.45. The van der Waals surface area contributed by atoms with Crippen molar-refractivity contribution < 1.29 is 9.59 Å². The molecule has 1 aromatic heterocycles. The molecule has 0 radical (unpaired) electrons. The maximum atomic E-state index is 11.9. The third-order valence-corrected chi connectivity index (χ3v) is 3.04. The number of primary amides is 1. The number of halogens is 1. The molecule has 1 aliphatic carbocycles. The summed E-state index contributed by atoms with van der Waals surface area (Å²) in [4.78, 5) is 26.7. The molecule has 6 nitrogen and oxygen atoms in total. The van der Waals surface area contributed by atoms with Crippen LogP contribution in [0.15, 0.2) is 18.3 Å². The highest BCUT2D eigenvalue weighted by Crippen LogP contribution is 2.32. The van der Waals surface area contributed by atoms with Gasteiger partial charge in [-0.1, -0.05) is 0 Å². The highest BCUT2D eigenvalue weighted by Gasteiger charge is 2.31.